The molecule has 28 heavy (non-hydrogen) atoms. The highest BCUT2D eigenvalue weighted by molar-refractivity contribution is 5.64. The standard InChI is InChI=1S/C24H28F3N/c25-24(26,27)23-9-3-7-21(15-23)19-10-12-20(13-11-19)22-8-4-14-28(17-22)16-18-5-1-2-6-18/h3,7,9-13,15,18,22H,1-2,4-6,8,14,16-17H2. The lowest BCUT2D eigenvalue weighted by molar-refractivity contribution is -0.137. The van der Waals surface area contributed by atoms with Crippen LogP contribution in [0.3, 0.4) is 0 Å². The molecule has 0 radical (unpaired) electrons. The highest BCUT2D eigenvalue weighted by Crippen LogP contribution is 2.34. The van der Waals surface area contributed by atoms with E-state index in [1.165, 1.54) is 69.3 Å². The van der Waals surface area contributed by atoms with Gasteiger partial charge in [-0.1, -0.05) is 49.2 Å². The molecule has 1 unspecified atom stereocenters. The van der Waals surface area contributed by atoms with Crippen LogP contribution in [0.4, 0.5) is 13.2 Å². The van der Waals surface area contributed by atoms with Crippen LogP contribution in [0.1, 0.15) is 55.6 Å². The predicted octanol–water partition coefficient (Wildman–Crippen LogP) is 6.74. The van der Waals surface area contributed by atoms with Gasteiger partial charge in [-0.05, 0) is 72.9 Å². The Morgan fingerprint density at radius 2 is 1.61 bits per heavy atom. The summed E-state index contributed by atoms with van der Waals surface area (Å²) in [6.07, 6.45) is 3.66. The van der Waals surface area contributed by atoms with Crippen molar-refractivity contribution >= 4 is 0 Å². The lowest BCUT2D eigenvalue weighted by atomic mass is 9.89. The van der Waals surface area contributed by atoms with Crippen LogP contribution in [-0.4, -0.2) is 24.5 Å². The van der Waals surface area contributed by atoms with E-state index < -0.39 is 11.7 Å². The molecule has 1 aliphatic heterocycles. The molecule has 1 heterocycles. The third kappa shape index (κ3) is 4.60. The molecule has 1 nitrogen and oxygen atoms in total. The molecule has 1 saturated heterocycles. The smallest absolute Gasteiger partial charge is 0.302 e. The van der Waals surface area contributed by atoms with Gasteiger partial charge in [0.05, 0.1) is 5.56 Å². The molecule has 1 atom stereocenters. The second-order valence-electron chi connectivity index (χ2n) is 8.45. The van der Waals surface area contributed by atoms with Gasteiger partial charge in [0.1, 0.15) is 0 Å². The van der Waals surface area contributed by atoms with Crippen molar-refractivity contribution in [3.8, 4) is 11.1 Å². The van der Waals surface area contributed by atoms with Crippen molar-refractivity contribution < 1.29 is 13.2 Å². The maximum absolute atomic E-state index is 13.0. The summed E-state index contributed by atoms with van der Waals surface area (Å²) in [4.78, 5) is 2.63. The summed E-state index contributed by atoms with van der Waals surface area (Å²) < 4.78 is 38.9. The first kappa shape index (κ1) is 19.5. The van der Waals surface area contributed by atoms with Crippen molar-refractivity contribution in [3.63, 3.8) is 0 Å². The predicted molar refractivity (Wildman–Crippen MR) is 107 cm³/mol. The Bertz CT molecular complexity index is 775. The molecule has 2 aromatic carbocycles. The monoisotopic (exact) mass is 387 g/mol. The number of hydrogen-bond donors (Lipinski definition) is 0. The average molecular weight is 387 g/mol. The Hall–Kier alpha value is -1.81. The number of halogens is 3. The summed E-state index contributed by atoms with van der Waals surface area (Å²) in [5, 5.41) is 0. The molecule has 0 spiro atoms. The van der Waals surface area contributed by atoms with E-state index in [1.54, 1.807) is 6.07 Å². The van der Waals surface area contributed by atoms with E-state index in [2.05, 4.69) is 17.0 Å². The molecule has 150 valence electrons. The van der Waals surface area contributed by atoms with E-state index in [0.29, 0.717) is 11.5 Å². The van der Waals surface area contributed by atoms with Crippen LogP contribution in [0.15, 0.2) is 48.5 Å². The highest BCUT2D eigenvalue weighted by Gasteiger charge is 2.30. The van der Waals surface area contributed by atoms with Gasteiger partial charge in [0.2, 0.25) is 0 Å². The molecule has 4 heteroatoms. The van der Waals surface area contributed by atoms with Crippen LogP contribution < -0.4 is 0 Å². The van der Waals surface area contributed by atoms with Crippen LogP contribution in [0.2, 0.25) is 0 Å². The number of nitrogens with zero attached hydrogens (tertiary/aromatic N) is 1. The van der Waals surface area contributed by atoms with Crippen LogP contribution >= 0.6 is 0 Å². The van der Waals surface area contributed by atoms with Gasteiger partial charge in [-0.2, -0.15) is 13.2 Å². The maximum atomic E-state index is 13.0. The first-order chi connectivity index (χ1) is 13.5. The molecule has 1 saturated carbocycles. The fourth-order valence-corrected chi connectivity index (χ4v) is 4.87. The highest BCUT2D eigenvalue weighted by atomic mass is 19.4. The third-order valence-corrected chi connectivity index (χ3v) is 6.40. The molecule has 0 bridgehead atoms. The first-order valence-electron chi connectivity index (χ1n) is 10.5. The zero-order valence-corrected chi connectivity index (χ0v) is 16.2. The molecule has 1 aliphatic carbocycles. The van der Waals surface area contributed by atoms with Crippen LogP contribution in [0.25, 0.3) is 11.1 Å². The first-order valence-corrected chi connectivity index (χ1v) is 10.5. The SMILES string of the molecule is FC(F)(F)c1cccc(-c2ccc(C3CCCN(CC4CCCC4)C3)cc2)c1. The fraction of sp³-hybridized carbons (Fsp3) is 0.500. The second kappa shape index (κ2) is 8.28. The van der Waals surface area contributed by atoms with Gasteiger partial charge in [0.15, 0.2) is 0 Å². The lowest BCUT2D eigenvalue weighted by Crippen LogP contribution is -2.37. The van der Waals surface area contributed by atoms with Gasteiger partial charge in [-0.3, -0.25) is 0 Å². The lowest BCUT2D eigenvalue weighted by Gasteiger charge is -2.34. The van der Waals surface area contributed by atoms with Gasteiger partial charge >= 0.3 is 6.18 Å². The Balaban J connectivity index is 1.44. The van der Waals surface area contributed by atoms with Gasteiger partial charge in [0, 0.05) is 13.1 Å². The van der Waals surface area contributed by atoms with Crippen molar-refractivity contribution in [2.24, 2.45) is 5.92 Å². The minimum atomic E-state index is -4.30. The Kier molecular flexibility index (Phi) is 5.77. The molecule has 2 aliphatic rings. The van der Waals surface area contributed by atoms with E-state index >= 15 is 0 Å². The van der Waals surface area contributed by atoms with Crippen molar-refractivity contribution in [3.05, 3.63) is 59.7 Å². The topological polar surface area (TPSA) is 3.24 Å². The molecule has 0 N–H and O–H groups in total. The Morgan fingerprint density at radius 1 is 0.857 bits per heavy atom. The Labute approximate surface area is 165 Å². The number of alkyl halides is 3. The number of piperidine rings is 1. The van der Waals surface area contributed by atoms with E-state index in [4.69, 9.17) is 0 Å². The second-order valence-corrected chi connectivity index (χ2v) is 8.45. The number of hydrogen-bond acceptors (Lipinski definition) is 1. The summed E-state index contributed by atoms with van der Waals surface area (Å²) in [5.41, 5.74) is 2.18. The molecular weight excluding hydrogens is 359 g/mol. The van der Waals surface area contributed by atoms with Crippen molar-refractivity contribution in [1.29, 1.82) is 0 Å². The molecule has 2 fully saturated rings. The minimum absolute atomic E-state index is 0.533. The zero-order chi connectivity index (χ0) is 19.6. The Morgan fingerprint density at radius 3 is 2.32 bits per heavy atom. The van der Waals surface area contributed by atoms with Crippen LogP contribution in [-0.2, 0) is 6.18 Å². The quantitative estimate of drug-likeness (QED) is 0.561. The van der Waals surface area contributed by atoms with Crippen molar-refractivity contribution in [2.45, 2.75) is 50.6 Å². The summed E-state index contributed by atoms with van der Waals surface area (Å²) in [6.45, 7) is 3.55. The van der Waals surface area contributed by atoms with Gasteiger partial charge < -0.3 is 4.90 Å². The number of rotatable bonds is 4. The summed E-state index contributed by atoms with van der Waals surface area (Å²) in [5.74, 6) is 1.41. The minimum Gasteiger partial charge on any atom is -0.302 e. The van der Waals surface area contributed by atoms with Gasteiger partial charge in [-0.25, -0.2) is 0 Å². The third-order valence-electron chi connectivity index (χ3n) is 6.40. The van der Waals surface area contributed by atoms with E-state index in [1.807, 2.05) is 12.1 Å². The molecule has 2 aromatic rings. The molecule has 0 aromatic heterocycles. The van der Waals surface area contributed by atoms with Crippen molar-refractivity contribution in [1.82, 2.24) is 4.90 Å². The molecule has 0 amide bonds. The van der Waals surface area contributed by atoms with E-state index in [0.717, 1.165) is 24.1 Å². The molecule has 4 rings (SSSR count). The number of likely N-dealkylation sites (tertiary alicyclic amines) is 1. The maximum Gasteiger partial charge on any atom is 0.416 e. The van der Waals surface area contributed by atoms with Gasteiger partial charge in [-0.15, -0.1) is 0 Å². The van der Waals surface area contributed by atoms with Crippen LogP contribution in [0.5, 0.6) is 0 Å². The van der Waals surface area contributed by atoms with E-state index in [9.17, 15) is 13.2 Å². The molecular formula is C24H28F3N. The van der Waals surface area contributed by atoms with E-state index in [-0.39, 0.29) is 0 Å². The number of benzene rings is 2. The van der Waals surface area contributed by atoms with Crippen molar-refractivity contribution in [2.75, 3.05) is 19.6 Å². The summed E-state index contributed by atoms with van der Waals surface area (Å²) >= 11 is 0. The average Bonchev–Trinajstić information content (AvgIpc) is 3.21. The van der Waals surface area contributed by atoms with Gasteiger partial charge in [0.25, 0.3) is 0 Å². The summed E-state index contributed by atoms with van der Waals surface area (Å²) in [6, 6.07) is 13.8. The fourth-order valence-electron chi connectivity index (χ4n) is 4.87. The van der Waals surface area contributed by atoms with Crippen LogP contribution in [0, 0.1) is 5.92 Å². The zero-order valence-electron chi connectivity index (χ0n) is 16.2. The largest absolute Gasteiger partial charge is 0.416 e. The normalized spacial score (nSPS) is 21.9. The summed E-state index contributed by atoms with van der Waals surface area (Å²) in [7, 11) is 0.